The first-order valence-electron chi connectivity index (χ1n) is 14.2. The molecule has 4 aliphatic rings. The minimum Gasteiger partial charge on any atom is -0.460 e. The van der Waals surface area contributed by atoms with Gasteiger partial charge in [0.05, 0.1) is 0 Å². The number of hydrogen-bond acceptors (Lipinski definition) is 2. The van der Waals surface area contributed by atoms with Gasteiger partial charge in [0.1, 0.15) is 5.60 Å². The molecular weight excluding hydrogens is 392 g/mol. The van der Waals surface area contributed by atoms with Crippen molar-refractivity contribution in [2.24, 2.45) is 52.3 Å². The molecule has 0 aromatic heterocycles. The molecule has 0 aromatic rings. The molecule has 0 aromatic carbocycles. The van der Waals surface area contributed by atoms with Crippen molar-refractivity contribution in [2.75, 3.05) is 0 Å². The Kier molecular flexibility index (Phi) is 6.85. The van der Waals surface area contributed by atoms with Crippen LogP contribution >= 0.6 is 0 Å². The molecule has 4 fully saturated rings. The van der Waals surface area contributed by atoms with Crippen LogP contribution in [0.15, 0.2) is 0 Å². The molecule has 0 spiro atoms. The summed E-state index contributed by atoms with van der Waals surface area (Å²) in [7, 11) is 0. The van der Waals surface area contributed by atoms with Gasteiger partial charge in [0.2, 0.25) is 0 Å². The Labute approximate surface area is 199 Å². The molecule has 4 saturated carbocycles. The van der Waals surface area contributed by atoms with E-state index >= 15 is 0 Å². The average Bonchev–Trinajstić information content (AvgIpc) is 3.05. The number of ether oxygens (including phenoxy) is 1. The molecule has 0 unspecified atom stereocenters. The Balaban J connectivity index is 1.45. The van der Waals surface area contributed by atoms with Crippen LogP contribution in [0.25, 0.3) is 0 Å². The third-order valence-corrected chi connectivity index (χ3v) is 11.5. The quantitative estimate of drug-likeness (QED) is 0.384. The van der Waals surface area contributed by atoms with E-state index in [4.69, 9.17) is 4.74 Å². The van der Waals surface area contributed by atoms with Crippen molar-refractivity contribution in [3.05, 3.63) is 0 Å². The van der Waals surface area contributed by atoms with E-state index in [0.29, 0.717) is 10.8 Å². The van der Waals surface area contributed by atoms with Crippen LogP contribution in [0, 0.1) is 52.3 Å². The van der Waals surface area contributed by atoms with E-state index in [9.17, 15) is 4.79 Å². The smallest absolute Gasteiger partial charge is 0.303 e. The molecule has 4 aliphatic carbocycles. The van der Waals surface area contributed by atoms with E-state index in [1.54, 1.807) is 6.92 Å². The Morgan fingerprint density at radius 1 is 0.875 bits per heavy atom. The van der Waals surface area contributed by atoms with Crippen LogP contribution in [0.4, 0.5) is 0 Å². The van der Waals surface area contributed by atoms with Gasteiger partial charge in [-0.15, -0.1) is 0 Å². The van der Waals surface area contributed by atoms with Gasteiger partial charge >= 0.3 is 5.97 Å². The van der Waals surface area contributed by atoms with Crippen LogP contribution < -0.4 is 0 Å². The lowest BCUT2D eigenvalue weighted by molar-refractivity contribution is -0.179. The molecule has 0 saturated heterocycles. The summed E-state index contributed by atoms with van der Waals surface area (Å²) >= 11 is 0. The number of fused-ring (bicyclic) bond motifs is 5. The standard InChI is InChI=1S/C30H52O2/c1-20(2)9-8-10-21(3)25-13-14-26-24-12-11-23-19-28(5,32-22(4)31)17-18-29(23,6)27(24)15-16-30(25,26)7/h20-21,23-27H,8-19H2,1-7H3/t21-,23+,24+,25-,26+,27+,28+,29+,30-/m1/s1. The molecule has 0 amide bonds. The van der Waals surface area contributed by atoms with Gasteiger partial charge in [0.25, 0.3) is 0 Å². The van der Waals surface area contributed by atoms with Crippen LogP contribution in [0.1, 0.15) is 126 Å². The summed E-state index contributed by atoms with van der Waals surface area (Å²) in [5, 5.41) is 0. The van der Waals surface area contributed by atoms with Crippen molar-refractivity contribution in [1.82, 2.24) is 0 Å². The minimum atomic E-state index is -0.226. The van der Waals surface area contributed by atoms with Gasteiger partial charge in [-0.2, -0.15) is 0 Å². The van der Waals surface area contributed by atoms with E-state index in [1.165, 1.54) is 64.2 Å². The largest absolute Gasteiger partial charge is 0.460 e. The lowest BCUT2D eigenvalue weighted by Crippen LogP contribution is -2.56. The van der Waals surface area contributed by atoms with Gasteiger partial charge < -0.3 is 4.74 Å². The molecule has 0 heterocycles. The molecule has 0 N–H and O–H groups in total. The molecule has 2 nitrogen and oxygen atoms in total. The lowest BCUT2D eigenvalue weighted by atomic mass is 9.43. The number of carbonyl (C=O) groups is 1. The Bertz CT molecular complexity index is 684. The van der Waals surface area contributed by atoms with Crippen molar-refractivity contribution in [2.45, 2.75) is 131 Å². The molecule has 0 radical (unpaired) electrons. The van der Waals surface area contributed by atoms with Crippen LogP contribution in [-0.4, -0.2) is 11.6 Å². The predicted molar refractivity (Wildman–Crippen MR) is 133 cm³/mol. The normalized spacial score (nSPS) is 46.8. The molecule has 2 heteroatoms. The Morgan fingerprint density at radius 2 is 1.59 bits per heavy atom. The van der Waals surface area contributed by atoms with Gasteiger partial charge in [-0.3, -0.25) is 4.79 Å². The van der Waals surface area contributed by atoms with E-state index in [-0.39, 0.29) is 11.6 Å². The fraction of sp³-hybridized carbons (Fsp3) is 0.967. The second-order valence-corrected chi connectivity index (χ2v) is 13.9. The molecule has 32 heavy (non-hydrogen) atoms. The van der Waals surface area contributed by atoms with Gasteiger partial charge in [0.15, 0.2) is 0 Å². The van der Waals surface area contributed by atoms with Gasteiger partial charge in [-0.05, 0) is 117 Å². The zero-order chi connectivity index (χ0) is 23.3. The molecule has 0 aliphatic heterocycles. The van der Waals surface area contributed by atoms with Crippen LogP contribution in [0.3, 0.4) is 0 Å². The van der Waals surface area contributed by atoms with Gasteiger partial charge in [-0.25, -0.2) is 0 Å². The zero-order valence-corrected chi connectivity index (χ0v) is 22.3. The number of rotatable bonds is 6. The maximum Gasteiger partial charge on any atom is 0.303 e. The summed E-state index contributed by atoms with van der Waals surface area (Å²) in [5.74, 6) is 6.13. The van der Waals surface area contributed by atoms with E-state index in [1.807, 2.05) is 0 Å². The van der Waals surface area contributed by atoms with Crippen LogP contribution in [-0.2, 0) is 9.53 Å². The highest BCUT2D eigenvalue weighted by molar-refractivity contribution is 5.66. The maximum atomic E-state index is 11.7. The third-order valence-electron chi connectivity index (χ3n) is 11.5. The molecule has 0 bridgehead atoms. The Hall–Kier alpha value is -0.530. The highest BCUT2D eigenvalue weighted by Gasteiger charge is 2.61. The van der Waals surface area contributed by atoms with E-state index < -0.39 is 0 Å². The highest BCUT2D eigenvalue weighted by Crippen LogP contribution is 2.69. The van der Waals surface area contributed by atoms with Gasteiger partial charge in [-0.1, -0.05) is 53.9 Å². The number of esters is 1. The lowest BCUT2D eigenvalue weighted by Gasteiger charge is -2.62. The fourth-order valence-electron chi connectivity index (χ4n) is 9.88. The third kappa shape index (κ3) is 4.31. The monoisotopic (exact) mass is 444 g/mol. The second-order valence-electron chi connectivity index (χ2n) is 13.9. The highest BCUT2D eigenvalue weighted by atomic mass is 16.6. The number of hydrogen-bond donors (Lipinski definition) is 0. The average molecular weight is 445 g/mol. The van der Waals surface area contributed by atoms with Crippen LogP contribution in [0.2, 0.25) is 0 Å². The van der Waals surface area contributed by atoms with Crippen molar-refractivity contribution in [3.8, 4) is 0 Å². The minimum absolute atomic E-state index is 0.0993. The summed E-state index contributed by atoms with van der Waals surface area (Å²) in [6, 6.07) is 0. The van der Waals surface area contributed by atoms with E-state index in [2.05, 4.69) is 41.5 Å². The summed E-state index contributed by atoms with van der Waals surface area (Å²) < 4.78 is 5.84. The number of carbonyl (C=O) groups excluding carboxylic acids is 1. The maximum absolute atomic E-state index is 11.7. The van der Waals surface area contributed by atoms with Crippen molar-refractivity contribution in [1.29, 1.82) is 0 Å². The summed E-state index contributed by atoms with van der Waals surface area (Å²) in [5.41, 5.74) is 0.823. The summed E-state index contributed by atoms with van der Waals surface area (Å²) in [6.07, 6.45) is 16.3. The molecule has 4 rings (SSSR count). The summed E-state index contributed by atoms with van der Waals surface area (Å²) in [6.45, 7) is 16.4. The topological polar surface area (TPSA) is 26.3 Å². The van der Waals surface area contributed by atoms with Crippen molar-refractivity contribution >= 4 is 5.97 Å². The molecule has 9 atom stereocenters. The first kappa shape index (κ1) is 24.6. The van der Waals surface area contributed by atoms with E-state index in [0.717, 1.165) is 54.3 Å². The zero-order valence-electron chi connectivity index (χ0n) is 22.3. The Morgan fingerprint density at radius 3 is 2.28 bits per heavy atom. The SMILES string of the molecule is CC(=O)O[C@@]1(C)CC[C@@]2(C)[C@@H](CC[C@@H]3[C@@H]2CC[C@]2(C)[C@@H]([C@H](C)CCCC(C)C)CC[C@@H]32)C1. The van der Waals surface area contributed by atoms with Crippen LogP contribution in [0.5, 0.6) is 0 Å². The first-order chi connectivity index (χ1) is 15.0. The predicted octanol–water partition coefficient (Wildman–Crippen LogP) is 8.43. The van der Waals surface area contributed by atoms with Crippen molar-refractivity contribution < 1.29 is 9.53 Å². The van der Waals surface area contributed by atoms with Gasteiger partial charge in [0, 0.05) is 6.92 Å². The first-order valence-corrected chi connectivity index (χ1v) is 14.2. The van der Waals surface area contributed by atoms with Crippen molar-refractivity contribution in [3.63, 3.8) is 0 Å². The summed E-state index contributed by atoms with van der Waals surface area (Å²) in [4.78, 5) is 11.7. The molecule has 184 valence electrons. The molecular formula is C30H52O2. The second kappa shape index (κ2) is 8.92. The fourth-order valence-corrected chi connectivity index (χ4v) is 9.88.